The number of hydrogen-bond donors (Lipinski definition) is 2. The first-order chi connectivity index (χ1) is 15.3. The molecule has 2 atom stereocenters. The molecule has 0 aliphatic carbocycles. The summed E-state index contributed by atoms with van der Waals surface area (Å²) in [7, 11) is 1.61. The second-order valence-electron chi connectivity index (χ2n) is 7.87. The lowest BCUT2D eigenvalue weighted by molar-refractivity contribution is 0.0374. The average molecular weight is 439 g/mol. The van der Waals surface area contributed by atoms with Gasteiger partial charge in [0.15, 0.2) is 6.23 Å². The lowest BCUT2D eigenvalue weighted by Crippen LogP contribution is -2.38. The Kier molecular flexibility index (Phi) is 5.90. The normalized spacial score (nSPS) is 18.4. The summed E-state index contributed by atoms with van der Waals surface area (Å²) in [4.78, 5) is 8.74. The van der Waals surface area contributed by atoms with Gasteiger partial charge in [0.2, 0.25) is 0 Å². The van der Waals surface area contributed by atoms with Crippen LogP contribution in [-0.2, 0) is 4.74 Å². The summed E-state index contributed by atoms with van der Waals surface area (Å²) in [6.07, 6.45) is 3.26. The van der Waals surface area contributed by atoms with Crippen molar-refractivity contribution in [3.8, 4) is 5.75 Å². The third-order valence-electron chi connectivity index (χ3n) is 5.13. The number of ether oxygens (including phenoxy) is 2. The smallest absolute Gasteiger partial charge is 0.157 e. The molecule has 0 bridgehead atoms. The summed E-state index contributed by atoms with van der Waals surface area (Å²) in [5.41, 5.74) is 2.18. The lowest BCUT2D eigenvalue weighted by atomic mass is 9.91. The molecule has 8 heteroatoms. The van der Waals surface area contributed by atoms with Gasteiger partial charge in [-0.3, -0.25) is 4.98 Å². The standard InChI is InChI=1S/C24H23F2N3O3/c1-14-7-8-20-15(9-14)16(10-24(2,32-20)13-31-3)19-11-28-21(12-27-19)29-23(30)22-17(25)5-4-6-18(22)26/h4-12,23,30H,13H2,1-3H3,(H,28,29). The molecular weight excluding hydrogens is 416 g/mol. The first kappa shape index (κ1) is 21.9. The van der Waals surface area contributed by atoms with Crippen LogP contribution in [0.2, 0.25) is 0 Å². The van der Waals surface area contributed by atoms with E-state index in [0.29, 0.717) is 18.1 Å². The van der Waals surface area contributed by atoms with Crippen LogP contribution in [0, 0.1) is 18.6 Å². The second-order valence-corrected chi connectivity index (χ2v) is 7.87. The van der Waals surface area contributed by atoms with E-state index in [1.54, 1.807) is 7.11 Å². The number of fused-ring (bicyclic) bond motifs is 1. The van der Waals surface area contributed by atoms with E-state index in [1.165, 1.54) is 18.5 Å². The van der Waals surface area contributed by atoms with Crippen LogP contribution >= 0.6 is 0 Å². The number of aliphatic hydroxyl groups excluding tert-OH is 1. The third-order valence-corrected chi connectivity index (χ3v) is 5.13. The number of methoxy groups -OCH3 is 1. The van der Waals surface area contributed by atoms with Crippen molar-refractivity contribution in [1.82, 2.24) is 9.97 Å². The Labute approximate surface area is 184 Å². The van der Waals surface area contributed by atoms with Gasteiger partial charge in [-0.25, -0.2) is 13.8 Å². The number of halogens is 2. The highest BCUT2D eigenvalue weighted by atomic mass is 19.1. The molecule has 1 aliphatic heterocycles. The summed E-state index contributed by atoms with van der Waals surface area (Å²) >= 11 is 0. The Morgan fingerprint density at radius 2 is 1.91 bits per heavy atom. The molecule has 0 saturated heterocycles. The first-order valence-electron chi connectivity index (χ1n) is 10.0. The van der Waals surface area contributed by atoms with Crippen molar-refractivity contribution >= 4 is 11.4 Å². The minimum absolute atomic E-state index is 0.167. The highest BCUT2D eigenvalue weighted by molar-refractivity contribution is 5.83. The Morgan fingerprint density at radius 1 is 1.16 bits per heavy atom. The quantitative estimate of drug-likeness (QED) is 0.555. The van der Waals surface area contributed by atoms with Gasteiger partial charge in [-0.15, -0.1) is 0 Å². The number of benzene rings is 2. The van der Waals surface area contributed by atoms with E-state index >= 15 is 0 Å². The minimum Gasteiger partial charge on any atom is -0.480 e. The van der Waals surface area contributed by atoms with E-state index in [4.69, 9.17) is 9.47 Å². The van der Waals surface area contributed by atoms with Gasteiger partial charge in [-0.2, -0.15) is 0 Å². The topological polar surface area (TPSA) is 76.5 Å². The molecule has 1 aromatic heterocycles. The van der Waals surface area contributed by atoms with Gasteiger partial charge < -0.3 is 19.9 Å². The Morgan fingerprint density at radius 3 is 2.56 bits per heavy atom. The summed E-state index contributed by atoms with van der Waals surface area (Å²) in [6.45, 7) is 4.25. The highest BCUT2D eigenvalue weighted by Crippen LogP contribution is 2.39. The maximum absolute atomic E-state index is 13.9. The van der Waals surface area contributed by atoms with Gasteiger partial charge in [0, 0.05) is 18.2 Å². The number of rotatable bonds is 6. The molecule has 2 unspecified atom stereocenters. The minimum atomic E-state index is -1.62. The maximum Gasteiger partial charge on any atom is 0.157 e. The fourth-order valence-corrected chi connectivity index (χ4v) is 3.70. The Balaban J connectivity index is 1.64. The molecule has 2 heterocycles. The fourth-order valence-electron chi connectivity index (χ4n) is 3.70. The molecule has 3 aromatic rings. The van der Waals surface area contributed by atoms with E-state index in [1.807, 2.05) is 38.1 Å². The molecule has 2 aromatic carbocycles. The van der Waals surface area contributed by atoms with E-state index in [9.17, 15) is 13.9 Å². The summed E-state index contributed by atoms with van der Waals surface area (Å²) in [6, 6.07) is 9.27. The molecule has 6 nitrogen and oxygen atoms in total. The number of hydrogen-bond acceptors (Lipinski definition) is 6. The van der Waals surface area contributed by atoms with Crippen LogP contribution < -0.4 is 10.1 Å². The number of anilines is 1. The van der Waals surface area contributed by atoms with Crippen LogP contribution in [0.5, 0.6) is 5.75 Å². The van der Waals surface area contributed by atoms with Gasteiger partial charge in [0.05, 0.1) is 30.3 Å². The molecule has 4 rings (SSSR count). The molecule has 32 heavy (non-hydrogen) atoms. The lowest BCUT2D eigenvalue weighted by Gasteiger charge is -2.33. The number of aromatic nitrogens is 2. The van der Waals surface area contributed by atoms with Gasteiger partial charge in [-0.1, -0.05) is 17.7 Å². The van der Waals surface area contributed by atoms with E-state index < -0.39 is 29.0 Å². The fraction of sp³-hybridized carbons (Fsp3) is 0.250. The van der Waals surface area contributed by atoms with E-state index in [-0.39, 0.29) is 5.82 Å². The van der Waals surface area contributed by atoms with Crippen LogP contribution in [-0.4, -0.2) is 34.4 Å². The molecule has 0 fully saturated rings. The second kappa shape index (κ2) is 8.64. The number of nitrogens with zero attached hydrogens (tertiary/aromatic N) is 2. The number of nitrogens with one attached hydrogen (secondary N) is 1. The van der Waals surface area contributed by atoms with Crippen molar-refractivity contribution in [1.29, 1.82) is 0 Å². The summed E-state index contributed by atoms with van der Waals surface area (Å²) in [5.74, 6) is -0.833. The average Bonchev–Trinajstić information content (AvgIpc) is 2.74. The van der Waals surface area contributed by atoms with Crippen molar-refractivity contribution < 1.29 is 23.4 Å². The summed E-state index contributed by atoms with van der Waals surface area (Å²) in [5, 5.41) is 12.8. The van der Waals surface area contributed by atoms with Crippen LogP contribution in [0.15, 0.2) is 54.9 Å². The summed E-state index contributed by atoms with van der Waals surface area (Å²) < 4.78 is 39.3. The van der Waals surface area contributed by atoms with Crippen molar-refractivity contribution in [2.75, 3.05) is 19.0 Å². The van der Waals surface area contributed by atoms with Crippen molar-refractivity contribution in [3.63, 3.8) is 0 Å². The van der Waals surface area contributed by atoms with Gasteiger partial charge in [0.25, 0.3) is 0 Å². The van der Waals surface area contributed by atoms with Gasteiger partial charge in [-0.05, 0) is 44.2 Å². The zero-order chi connectivity index (χ0) is 22.9. The Bertz CT molecular complexity index is 1150. The maximum atomic E-state index is 13.9. The van der Waals surface area contributed by atoms with E-state index in [2.05, 4.69) is 15.3 Å². The molecule has 0 saturated carbocycles. The number of aryl methyl sites for hydroxylation is 1. The monoisotopic (exact) mass is 439 g/mol. The predicted octanol–water partition coefficient (Wildman–Crippen LogP) is 4.40. The molecule has 0 radical (unpaired) electrons. The Hall–Kier alpha value is -3.36. The SMILES string of the molecule is COCC1(C)C=C(c2cnc(NC(O)c3c(F)cccc3F)cn2)c2cc(C)ccc2O1. The van der Waals surface area contributed by atoms with Crippen LogP contribution in [0.25, 0.3) is 5.57 Å². The third kappa shape index (κ3) is 4.32. The molecule has 1 aliphatic rings. The van der Waals surface area contributed by atoms with Crippen molar-refractivity contribution in [2.45, 2.75) is 25.7 Å². The molecule has 2 N–H and O–H groups in total. The van der Waals surface area contributed by atoms with Crippen molar-refractivity contribution in [2.24, 2.45) is 0 Å². The predicted molar refractivity (Wildman–Crippen MR) is 116 cm³/mol. The number of aliphatic hydroxyl groups is 1. The van der Waals surface area contributed by atoms with Crippen LogP contribution in [0.1, 0.15) is 35.5 Å². The van der Waals surface area contributed by atoms with Crippen LogP contribution in [0.3, 0.4) is 0 Å². The first-order valence-corrected chi connectivity index (χ1v) is 10.0. The largest absolute Gasteiger partial charge is 0.480 e. The van der Waals surface area contributed by atoms with Gasteiger partial charge >= 0.3 is 0 Å². The van der Waals surface area contributed by atoms with Gasteiger partial charge in [0.1, 0.15) is 28.8 Å². The molecule has 166 valence electrons. The zero-order valence-corrected chi connectivity index (χ0v) is 17.9. The zero-order valence-electron chi connectivity index (χ0n) is 17.9. The molecular formula is C24H23F2N3O3. The molecule has 0 amide bonds. The highest BCUT2D eigenvalue weighted by Gasteiger charge is 2.32. The van der Waals surface area contributed by atoms with Crippen molar-refractivity contribution in [3.05, 3.63) is 88.9 Å². The van der Waals surface area contributed by atoms with Crippen LogP contribution in [0.4, 0.5) is 14.6 Å². The molecule has 0 spiro atoms. The van der Waals surface area contributed by atoms with E-state index in [0.717, 1.165) is 28.8 Å².